The molecule has 0 spiro atoms. The highest BCUT2D eigenvalue weighted by Crippen LogP contribution is 2.35. The van der Waals surface area contributed by atoms with Crippen molar-refractivity contribution in [1.82, 2.24) is 0 Å². The van der Waals surface area contributed by atoms with Crippen LogP contribution < -0.4 is 0 Å². The van der Waals surface area contributed by atoms with Gasteiger partial charge in [-0.05, 0) is 11.8 Å². The first-order valence-corrected chi connectivity index (χ1v) is 8.15. The maximum absolute atomic E-state index is 4.39. The fourth-order valence-corrected chi connectivity index (χ4v) is 3.53. The van der Waals surface area contributed by atoms with E-state index in [1.54, 1.807) is 0 Å². The van der Waals surface area contributed by atoms with Crippen LogP contribution in [0.2, 0.25) is 11.6 Å². The summed E-state index contributed by atoms with van der Waals surface area (Å²) in [4.78, 5) is 0. The molecule has 17 heavy (non-hydrogen) atoms. The minimum Gasteiger partial charge on any atom is -0.235 e. The molecule has 0 aromatic carbocycles. The Morgan fingerprint density at radius 1 is 0.882 bits per heavy atom. The molecule has 2 unspecified atom stereocenters. The largest absolute Gasteiger partial charge is 0.235 e. The molecule has 1 saturated carbocycles. The fraction of sp³-hybridized carbons (Fsp3) is 1.00. The normalized spacial score (nSPS) is 32.2. The van der Waals surface area contributed by atoms with Gasteiger partial charge in [-0.1, -0.05) is 70.4 Å². The predicted octanol–water partition coefficient (Wildman–Crippen LogP) is 4.68. The van der Waals surface area contributed by atoms with Crippen LogP contribution in [-0.4, -0.2) is 13.1 Å². The Morgan fingerprint density at radius 3 is 1.71 bits per heavy atom. The second-order valence-corrected chi connectivity index (χ2v) is 6.52. The number of rotatable bonds is 3. The minimum absolute atomic E-state index is 0.678. The van der Waals surface area contributed by atoms with Crippen molar-refractivity contribution in [3.8, 4) is 0 Å². The molecular weight excluding hydrogens is 242 g/mol. The molecule has 0 amide bonds. The summed E-state index contributed by atoms with van der Waals surface area (Å²) >= 11 is 8.77. The average molecular weight is 268 g/mol. The predicted molar refractivity (Wildman–Crippen MR) is 87.6 cm³/mol. The van der Waals surface area contributed by atoms with E-state index in [2.05, 4.69) is 51.9 Å². The molecule has 1 aliphatic carbocycles. The molecule has 96 valence electrons. The number of hydrogen-bond donors (Lipinski definition) is 2. The molecule has 0 N–H and O–H groups in total. The highest BCUT2D eigenvalue weighted by atomic mass is 32.1. The van der Waals surface area contributed by atoms with E-state index in [9.17, 15) is 0 Å². The molecule has 0 aliphatic heterocycles. The Bertz CT molecular complexity index is 184. The molecular formula is C13H26B2S2. The Kier molecular flexibility index (Phi) is 8.27. The van der Waals surface area contributed by atoms with Crippen LogP contribution in [0.25, 0.3) is 0 Å². The first kappa shape index (κ1) is 15.9. The summed E-state index contributed by atoms with van der Waals surface area (Å²) in [6.07, 6.45) is 9.42. The second-order valence-electron chi connectivity index (χ2n) is 5.92. The monoisotopic (exact) mass is 268 g/mol. The summed E-state index contributed by atoms with van der Waals surface area (Å²) in [7, 11) is 0. The average Bonchev–Trinajstić information content (AvgIpc) is 2.34. The van der Waals surface area contributed by atoms with E-state index >= 15 is 0 Å². The lowest BCUT2D eigenvalue weighted by Crippen LogP contribution is -2.14. The van der Waals surface area contributed by atoms with Crippen LogP contribution in [0.5, 0.6) is 0 Å². The van der Waals surface area contributed by atoms with E-state index in [1.807, 2.05) is 0 Å². The van der Waals surface area contributed by atoms with E-state index in [4.69, 9.17) is 0 Å². The summed E-state index contributed by atoms with van der Waals surface area (Å²) in [5, 5.41) is 0. The Hall–Kier alpha value is 0.830. The number of hydrogen-bond acceptors (Lipinski definition) is 2. The van der Waals surface area contributed by atoms with Gasteiger partial charge in [-0.2, -0.15) is 0 Å². The van der Waals surface area contributed by atoms with Crippen LogP contribution in [-0.2, 0) is 0 Å². The Labute approximate surface area is 120 Å². The maximum Gasteiger partial charge on any atom is 0.190 e. The minimum atomic E-state index is 0.678. The van der Waals surface area contributed by atoms with E-state index in [1.165, 1.54) is 44.9 Å². The summed E-state index contributed by atoms with van der Waals surface area (Å²) < 4.78 is 0. The molecule has 0 aromatic rings. The van der Waals surface area contributed by atoms with Crippen LogP contribution in [0.3, 0.4) is 0 Å². The lowest BCUT2D eigenvalue weighted by molar-refractivity contribution is 0.306. The van der Waals surface area contributed by atoms with E-state index in [0.717, 1.165) is 11.8 Å². The smallest absolute Gasteiger partial charge is 0.190 e. The van der Waals surface area contributed by atoms with Crippen molar-refractivity contribution in [3.05, 3.63) is 0 Å². The highest BCUT2D eigenvalue weighted by Gasteiger charge is 2.20. The van der Waals surface area contributed by atoms with Gasteiger partial charge in [0.2, 0.25) is 0 Å². The van der Waals surface area contributed by atoms with Gasteiger partial charge in [0, 0.05) is 0 Å². The van der Waals surface area contributed by atoms with Crippen molar-refractivity contribution in [2.75, 3.05) is 0 Å². The standard InChI is InChI=1S/C13H26B2S2/c1-10(2)11-5-3-7-12(14-16)9-13(15-17)8-4-6-11/h10-13,16-17H,3-9H2,1-2H3. The van der Waals surface area contributed by atoms with Gasteiger partial charge in [-0.25, -0.2) is 25.0 Å². The molecule has 0 saturated heterocycles. The molecule has 1 aliphatic rings. The van der Waals surface area contributed by atoms with E-state index in [-0.39, 0.29) is 0 Å². The lowest BCUT2D eigenvalue weighted by Gasteiger charge is -2.27. The van der Waals surface area contributed by atoms with Crippen LogP contribution in [0.1, 0.15) is 58.8 Å². The lowest BCUT2D eigenvalue weighted by atomic mass is 9.66. The molecule has 4 heteroatoms. The summed E-state index contributed by atoms with van der Waals surface area (Å²) in [6, 6.07) is 0. The highest BCUT2D eigenvalue weighted by molar-refractivity contribution is 8.07. The molecule has 0 heterocycles. The first-order chi connectivity index (χ1) is 8.17. The quantitative estimate of drug-likeness (QED) is 0.539. The van der Waals surface area contributed by atoms with Crippen molar-refractivity contribution >= 4 is 38.1 Å². The van der Waals surface area contributed by atoms with Gasteiger partial charge in [-0.15, -0.1) is 0 Å². The van der Waals surface area contributed by atoms with E-state index < -0.39 is 0 Å². The van der Waals surface area contributed by atoms with Gasteiger partial charge in [0.05, 0.1) is 0 Å². The van der Waals surface area contributed by atoms with Crippen LogP contribution >= 0.6 is 25.0 Å². The molecule has 1 rings (SSSR count). The van der Waals surface area contributed by atoms with Crippen molar-refractivity contribution in [1.29, 1.82) is 0 Å². The molecule has 0 aromatic heterocycles. The van der Waals surface area contributed by atoms with Crippen molar-refractivity contribution < 1.29 is 0 Å². The molecule has 2 atom stereocenters. The summed E-state index contributed by atoms with van der Waals surface area (Å²) in [6.45, 7) is 8.97. The van der Waals surface area contributed by atoms with Crippen molar-refractivity contribution in [3.63, 3.8) is 0 Å². The SMILES string of the molecule is CC(C)C1CCCC([B]S)CC([B]S)CCC1. The Morgan fingerprint density at radius 2 is 1.35 bits per heavy atom. The van der Waals surface area contributed by atoms with Gasteiger partial charge in [-0.3, -0.25) is 0 Å². The molecule has 0 nitrogen and oxygen atoms in total. The Balaban J connectivity index is 2.51. The molecule has 1 fully saturated rings. The topological polar surface area (TPSA) is 0 Å². The van der Waals surface area contributed by atoms with E-state index in [0.29, 0.717) is 11.6 Å². The second kappa shape index (κ2) is 8.85. The zero-order chi connectivity index (χ0) is 12.7. The first-order valence-electron chi connectivity index (χ1n) is 7.12. The number of thiol groups is 2. The maximum atomic E-state index is 4.39. The van der Waals surface area contributed by atoms with Crippen LogP contribution in [0.15, 0.2) is 0 Å². The summed E-state index contributed by atoms with van der Waals surface area (Å²) in [5.41, 5.74) is 0. The van der Waals surface area contributed by atoms with Gasteiger partial charge < -0.3 is 0 Å². The third-order valence-corrected chi connectivity index (χ3v) is 5.11. The molecule has 2 radical (unpaired) electrons. The van der Waals surface area contributed by atoms with Gasteiger partial charge in [0.1, 0.15) is 0 Å². The van der Waals surface area contributed by atoms with Gasteiger partial charge in [0.15, 0.2) is 13.1 Å². The van der Waals surface area contributed by atoms with Crippen LogP contribution in [0.4, 0.5) is 0 Å². The van der Waals surface area contributed by atoms with Gasteiger partial charge >= 0.3 is 0 Å². The zero-order valence-corrected chi connectivity index (χ0v) is 13.1. The third-order valence-electron chi connectivity index (χ3n) is 4.27. The summed E-state index contributed by atoms with van der Waals surface area (Å²) in [5.74, 6) is 3.12. The molecule has 0 bridgehead atoms. The van der Waals surface area contributed by atoms with Crippen molar-refractivity contribution in [2.45, 2.75) is 70.4 Å². The van der Waals surface area contributed by atoms with Gasteiger partial charge in [0.25, 0.3) is 0 Å². The third kappa shape index (κ3) is 6.00. The van der Waals surface area contributed by atoms with Crippen molar-refractivity contribution in [2.24, 2.45) is 11.8 Å². The van der Waals surface area contributed by atoms with Crippen LogP contribution in [0, 0.1) is 11.8 Å². The zero-order valence-electron chi connectivity index (χ0n) is 11.3. The fourth-order valence-electron chi connectivity index (χ4n) is 2.99.